The largest absolute Gasteiger partial charge is 0.444 e. The van der Waals surface area contributed by atoms with Crippen LogP contribution in [0, 0.1) is 6.92 Å². The number of rotatable bonds is 1. The first kappa shape index (κ1) is 17.3. The van der Waals surface area contributed by atoms with Crippen LogP contribution in [0.1, 0.15) is 51.8 Å². The lowest BCUT2D eigenvalue weighted by atomic mass is 9.92. The minimum absolute atomic E-state index is 0.225. The summed E-state index contributed by atoms with van der Waals surface area (Å²) in [5.74, 6) is 0.375. The number of carbonyl (C=O) groups excluding carboxylic acids is 1. The van der Waals surface area contributed by atoms with Gasteiger partial charge in [0.15, 0.2) is 0 Å². The third-order valence-corrected chi connectivity index (χ3v) is 3.73. The number of carbonyl (C=O) groups is 1. The predicted molar refractivity (Wildman–Crippen MR) is 91.8 cm³/mol. The second kappa shape index (κ2) is 6.60. The summed E-state index contributed by atoms with van der Waals surface area (Å²) >= 11 is 0. The van der Waals surface area contributed by atoms with E-state index in [0.29, 0.717) is 19.0 Å². The van der Waals surface area contributed by atoms with Gasteiger partial charge < -0.3 is 14.0 Å². The molecule has 1 amide bonds. The highest BCUT2D eigenvalue weighted by atomic mass is 16.6. The van der Waals surface area contributed by atoms with E-state index >= 15 is 0 Å². The second-order valence-corrected chi connectivity index (χ2v) is 6.67. The van der Waals surface area contributed by atoms with Crippen molar-refractivity contribution in [3.63, 3.8) is 0 Å². The van der Waals surface area contributed by atoms with Gasteiger partial charge >= 0.3 is 6.09 Å². The van der Waals surface area contributed by atoms with Crippen molar-refractivity contribution in [3.8, 4) is 0 Å². The number of nitrogens with zero attached hydrogens (tertiary/aromatic N) is 3. The quantitative estimate of drug-likeness (QED) is 0.798. The monoisotopic (exact) mass is 317 g/mol. The van der Waals surface area contributed by atoms with Crippen LogP contribution in [0.25, 0.3) is 5.65 Å². The fourth-order valence-corrected chi connectivity index (χ4v) is 2.54. The second-order valence-electron chi connectivity index (χ2n) is 6.67. The van der Waals surface area contributed by atoms with Gasteiger partial charge in [0.05, 0.1) is 0 Å². The van der Waals surface area contributed by atoms with Gasteiger partial charge in [0.25, 0.3) is 0 Å². The standard InChI is InChI=1S/C16H21N3O2.C2H6/c1-11-8-17-14-7-12(5-6-19(11)14)13-9-18(10-13)15(20)21-16(2,3)4;1-2/h5-8,13H,9-10H2,1-4H3;1-2H3. The molecule has 0 spiro atoms. The molecule has 0 N–H and O–H groups in total. The molecule has 0 unspecified atom stereocenters. The van der Waals surface area contributed by atoms with Crippen LogP contribution in [0.3, 0.4) is 0 Å². The van der Waals surface area contributed by atoms with Gasteiger partial charge in [-0.1, -0.05) is 13.8 Å². The smallest absolute Gasteiger partial charge is 0.410 e. The highest BCUT2D eigenvalue weighted by molar-refractivity contribution is 5.69. The normalized spacial score (nSPS) is 15.0. The molecule has 2 aromatic heterocycles. The van der Waals surface area contributed by atoms with Gasteiger partial charge in [-0.3, -0.25) is 0 Å². The summed E-state index contributed by atoms with van der Waals surface area (Å²) in [6.07, 6.45) is 3.69. The van der Waals surface area contributed by atoms with Gasteiger partial charge in [0, 0.05) is 37.1 Å². The topological polar surface area (TPSA) is 46.8 Å². The van der Waals surface area contributed by atoms with Gasteiger partial charge in [0.1, 0.15) is 11.2 Å². The summed E-state index contributed by atoms with van der Waals surface area (Å²) in [7, 11) is 0. The molecule has 0 aliphatic carbocycles. The molecule has 5 heteroatoms. The summed E-state index contributed by atoms with van der Waals surface area (Å²) in [4.78, 5) is 18.0. The van der Waals surface area contributed by atoms with Gasteiger partial charge in [-0.2, -0.15) is 0 Å². The Morgan fingerprint density at radius 2 is 1.96 bits per heavy atom. The Morgan fingerprint density at radius 1 is 1.30 bits per heavy atom. The molecule has 23 heavy (non-hydrogen) atoms. The highest BCUT2D eigenvalue weighted by Crippen LogP contribution is 2.29. The first-order chi connectivity index (χ1) is 10.8. The van der Waals surface area contributed by atoms with Gasteiger partial charge in [-0.05, 0) is 45.4 Å². The van der Waals surface area contributed by atoms with E-state index in [9.17, 15) is 4.79 Å². The Morgan fingerprint density at radius 3 is 2.57 bits per heavy atom. The average molecular weight is 317 g/mol. The van der Waals surface area contributed by atoms with E-state index in [0.717, 1.165) is 11.3 Å². The fraction of sp³-hybridized carbons (Fsp3) is 0.556. The minimum atomic E-state index is -0.436. The van der Waals surface area contributed by atoms with E-state index in [1.165, 1.54) is 5.56 Å². The Kier molecular flexibility index (Phi) is 4.97. The third-order valence-electron chi connectivity index (χ3n) is 3.73. The van der Waals surface area contributed by atoms with Gasteiger partial charge in [-0.25, -0.2) is 9.78 Å². The number of aryl methyl sites for hydroxylation is 1. The number of likely N-dealkylation sites (tertiary alicyclic amines) is 1. The summed E-state index contributed by atoms with van der Waals surface area (Å²) in [6, 6.07) is 4.21. The number of hydrogen-bond acceptors (Lipinski definition) is 3. The van der Waals surface area contributed by atoms with Crippen molar-refractivity contribution in [3.05, 3.63) is 35.8 Å². The van der Waals surface area contributed by atoms with E-state index in [4.69, 9.17) is 4.74 Å². The Hall–Kier alpha value is -2.04. The van der Waals surface area contributed by atoms with Crippen molar-refractivity contribution in [2.75, 3.05) is 13.1 Å². The molecule has 0 radical (unpaired) electrons. The summed E-state index contributed by atoms with van der Waals surface area (Å²) in [5, 5.41) is 0. The zero-order chi connectivity index (χ0) is 17.2. The lowest BCUT2D eigenvalue weighted by molar-refractivity contribution is 0.00820. The molecule has 126 valence electrons. The number of aromatic nitrogens is 2. The number of ether oxygens (including phenoxy) is 1. The molecule has 1 saturated heterocycles. The molecular formula is C18H27N3O2. The Labute approximate surface area is 138 Å². The van der Waals surface area contributed by atoms with Gasteiger partial charge in [0.2, 0.25) is 0 Å². The maximum absolute atomic E-state index is 11.9. The molecular weight excluding hydrogens is 290 g/mol. The van der Waals surface area contributed by atoms with Crippen LogP contribution in [0.5, 0.6) is 0 Å². The highest BCUT2D eigenvalue weighted by Gasteiger charge is 2.34. The molecule has 1 fully saturated rings. The van der Waals surface area contributed by atoms with Crippen molar-refractivity contribution in [1.82, 2.24) is 14.3 Å². The van der Waals surface area contributed by atoms with Crippen molar-refractivity contribution in [2.45, 2.75) is 53.1 Å². The molecule has 0 atom stereocenters. The summed E-state index contributed by atoms with van der Waals surface area (Å²) in [5.41, 5.74) is 2.88. The van der Waals surface area contributed by atoms with Crippen LogP contribution in [0.2, 0.25) is 0 Å². The van der Waals surface area contributed by atoms with Crippen LogP contribution >= 0.6 is 0 Å². The SMILES string of the molecule is CC.Cc1cnc2cc(C3CN(C(=O)OC(C)(C)C)C3)ccn12. The average Bonchev–Trinajstić information content (AvgIpc) is 2.79. The zero-order valence-corrected chi connectivity index (χ0v) is 15.0. The number of hydrogen-bond donors (Lipinski definition) is 0. The van der Waals surface area contributed by atoms with E-state index in [-0.39, 0.29) is 6.09 Å². The molecule has 0 saturated carbocycles. The van der Waals surface area contributed by atoms with Crippen LogP contribution in [0.15, 0.2) is 24.5 Å². The van der Waals surface area contributed by atoms with E-state index in [2.05, 4.69) is 21.5 Å². The first-order valence-electron chi connectivity index (χ1n) is 8.25. The number of amides is 1. The van der Waals surface area contributed by atoms with Crippen molar-refractivity contribution >= 4 is 11.7 Å². The third kappa shape index (κ3) is 3.84. The van der Waals surface area contributed by atoms with Crippen LogP contribution in [0.4, 0.5) is 4.79 Å². The molecule has 3 rings (SSSR count). The number of fused-ring (bicyclic) bond motifs is 1. The molecule has 2 aromatic rings. The molecule has 1 aliphatic rings. The minimum Gasteiger partial charge on any atom is -0.444 e. The van der Waals surface area contributed by atoms with Gasteiger partial charge in [-0.15, -0.1) is 0 Å². The maximum Gasteiger partial charge on any atom is 0.410 e. The predicted octanol–water partition coefficient (Wildman–Crippen LogP) is 4.00. The molecule has 0 aromatic carbocycles. The molecule has 3 heterocycles. The van der Waals surface area contributed by atoms with Crippen molar-refractivity contribution < 1.29 is 9.53 Å². The summed E-state index contributed by atoms with van der Waals surface area (Å²) in [6.45, 7) is 13.1. The maximum atomic E-state index is 11.9. The Bertz CT molecular complexity index is 679. The molecule has 1 aliphatic heterocycles. The number of pyridine rings is 1. The van der Waals surface area contributed by atoms with Crippen molar-refractivity contribution in [2.24, 2.45) is 0 Å². The summed E-state index contributed by atoms with van der Waals surface area (Å²) < 4.78 is 7.43. The van der Waals surface area contributed by atoms with Crippen LogP contribution < -0.4 is 0 Å². The molecule has 5 nitrogen and oxygen atoms in total. The zero-order valence-electron chi connectivity index (χ0n) is 15.0. The molecule has 0 bridgehead atoms. The number of imidazole rings is 1. The van der Waals surface area contributed by atoms with E-state index in [1.54, 1.807) is 4.90 Å². The van der Waals surface area contributed by atoms with E-state index < -0.39 is 5.60 Å². The Balaban J connectivity index is 0.000000924. The first-order valence-corrected chi connectivity index (χ1v) is 8.25. The van der Waals surface area contributed by atoms with Crippen molar-refractivity contribution in [1.29, 1.82) is 0 Å². The van der Waals surface area contributed by atoms with E-state index in [1.807, 2.05) is 53.9 Å². The van der Waals surface area contributed by atoms with Crippen LogP contribution in [-0.4, -0.2) is 39.1 Å². The lowest BCUT2D eigenvalue weighted by Gasteiger charge is -2.40. The lowest BCUT2D eigenvalue weighted by Crippen LogP contribution is -2.50. The van der Waals surface area contributed by atoms with Crippen LogP contribution in [-0.2, 0) is 4.74 Å². The fourth-order valence-electron chi connectivity index (χ4n) is 2.54.